The van der Waals surface area contributed by atoms with Crippen molar-refractivity contribution in [2.24, 2.45) is 0 Å². The average molecular weight is 456 g/mol. The molecule has 1 fully saturated rings. The molecule has 1 saturated heterocycles. The number of nitrogens with zero attached hydrogens (tertiary/aromatic N) is 4. The highest BCUT2D eigenvalue weighted by Crippen LogP contribution is 2.38. The van der Waals surface area contributed by atoms with E-state index in [1.165, 1.54) is 0 Å². The summed E-state index contributed by atoms with van der Waals surface area (Å²) in [5.41, 5.74) is 4.18. The molecule has 2 aliphatic heterocycles. The van der Waals surface area contributed by atoms with Crippen LogP contribution in [-0.2, 0) is 6.54 Å². The first-order chi connectivity index (χ1) is 15.5. The van der Waals surface area contributed by atoms with E-state index in [0.29, 0.717) is 39.9 Å². The lowest BCUT2D eigenvalue weighted by atomic mass is 10.1. The molecule has 0 aliphatic carbocycles. The number of aromatic nitrogens is 3. The fraction of sp³-hybridized carbons (Fsp3) is 0.435. The number of amides is 1. The fourth-order valence-electron chi connectivity index (χ4n) is 4.61. The van der Waals surface area contributed by atoms with Crippen LogP contribution in [0.15, 0.2) is 24.3 Å². The molecule has 1 amide bonds. The molecule has 2 N–H and O–H groups in total. The van der Waals surface area contributed by atoms with Crippen LogP contribution in [0.4, 0.5) is 0 Å². The zero-order chi connectivity index (χ0) is 22.4. The Morgan fingerprint density at radius 3 is 2.78 bits per heavy atom. The van der Waals surface area contributed by atoms with Crippen LogP contribution in [0.25, 0.3) is 5.65 Å². The van der Waals surface area contributed by atoms with Crippen LogP contribution in [-0.4, -0.2) is 56.3 Å². The molecule has 0 saturated carbocycles. The summed E-state index contributed by atoms with van der Waals surface area (Å²) in [4.78, 5) is 19.9. The van der Waals surface area contributed by atoms with Crippen LogP contribution in [0.2, 0.25) is 5.02 Å². The van der Waals surface area contributed by atoms with Crippen molar-refractivity contribution in [2.45, 2.75) is 45.4 Å². The number of hydrogen-bond donors (Lipinski definition) is 2. The van der Waals surface area contributed by atoms with Gasteiger partial charge in [-0.3, -0.25) is 4.79 Å². The molecule has 0 radical (unpaired) electrons. The number of ether oxygens (including phenoxy) is 1. The SMILES string of the molecule is Cc1nc2c3c(nn2c(C)c1Cl)C(CO)N(C(=O)c1ccccc1OC1CCNCC1)C3. The minimum atomic E-state index is -0.551. The summed E-state index contributed by atoms with van der Waals surface area (Å²) >= 11 is 6.35. The summed E-state index contributed by atoms with van der Waals surface area (Å²) in [6, 6.07) is 6.78. The first kappa shape index (κ1) is 21.2. The van der Waals surface area contributed by atoms with Crippen LogP contribution >= 0.6 is 11.6 Å². The topological polar surface area (TPSA) is 92.0 Å². The van der Waals surface area contributed by atoms with Crippen molar-refractivity contribution in [1.29, 1.82) is 0 Å². The molecule has 32 heavy (non-hydrogen) atoms. The number of aliphatic hydroxyl groups excluding tert-OH is 1. The highest BCUT2D eigenvalue weighted by molar-refractivity contribution is 6.31. The van der Waals surface area contributed by atoms with Gasteiger partial charge < -0.3 is 20.1 Å². The van der Waals surface area contributed by atoms with E-state index in [4.69, 9.17) is 16.3 Å². The number of halogens is 1. The van der Waals surface area contributed by atoms with Crippen LogP contribution in [0, 0.1) is 13.8 Å². The van der Waals surface area contributed by atoms with Crippen molar-refractivity contribution in [3.8, 4) is 5.75 Å². The Balaban J connectivity index is 1.48. The molecule has 4 heterocycles. The van der Waals surface area contributed by atoms with E-state index in [2.05, 4.69) is 15.4 Å². The summed E-state index contributed by atoms with van der Waals surface area (Å²) in [5.74, 6) is 0.392. The van der Waals surface area contributed by atoms with Crippen LogP contribution in [0.1, 0.15) is 51.9 Å². The minimum Gasteiger partial charge on any atom is -0.489 e. The van der Waals surface area contributed by atoms with Gasteiger partial charge >= 0.3 is 0 Å². The lowest BCUT2D eigenvalue weighted by Gasteiger charge is -2.27. The van der Waals surface area contributed by atoms with E-state index in [1.807, 2.05) is 32.0 Å². The number of carbonyl (C=O) groups excluding carboxylic acids is 1. The standard InChI is InChI=1S/C23H26ClN5O3/c1-13-20(24)14(2)29-22(26-13)17-11-28(18(12-30)21(17)27-29)23(31)16-5-3-4-6-19(16)32-15-7-9-25-10-8-15/h3-6,15,18,25,30H,7-12H2,1-2H3. The second kappa shape index (κ2) is 8.35. The summed E-state index contributed by atoms with van der Waals surface area (Å²) < 4.78 is 7.92. The normalized spacial score (nSPS) is 18.9. The van der Waals surface area contributed by atoms with Crippen LogP contribution < -0.4 is 10.1 Å². The van der Waals surface area contributed by atoms with Crippen molar-refractivity contribution in [1.82, 2.24) is 24.8 Å². The predicted molar refractivity (Wildman–Crippen MR) is 120 cm³/mol. The van der Waals surface area contributed by atoms with E-state index in [0.717, 1.165) is 37.2 Å². The maximum Gasteiger partial charge on any atom is 0.258 e. The Morgan fingerprint density at radius 2 is 2.03 bits per heavy atom. The number of hydrogen-bond acceptors (Lipinski definition) is 6. The number of piperidine rings is 1. The number of aliphatic hydroxyl groups is 1. The minimum absolute atomic E-state index is 0.0822. The van der Waals surface area contributed by atoms with Gasteiger partial charge in [0.2, 0.25) is 0 Å². The second-order valence-electron chi connectivity index (χ2n) is 8.39. The molecule has 0 bridgehead atoms. The van der Waals surface area contributed by atoms with Crippen molar-refractivity contribution < 1.29 is 14.6 Å². The third kappa shape index (κ3) is 3.43. The molecule has 2 aliphatic rings. The summed E-state index contributed by atoms with van der Waals surface area (Å²) in [5, 5.41) is 18.7. The summed E-state index contributed by atoms with van der Waals surface area (Å²) in [7, 11) is 0. The Bertz CT molecular complexity index is 1190. The van der Waals surface area contributed by atoms with Gasteiger partial charge in [-0.2, -0.15) is 5.10 Å². The summed E-state index contributed by atoms with van der Waals surface area (Å²) in [6.45, 7) is 5.64. The molecule has 2 aromatic heterocycles. The lowest BCUT2D eigenvalue weighted by molar-refractivity contribution is 0.0601. The van der Waals surface area contributed by atoms with Gasteiger partial charge in [0, 0.05) is 5.56 Å². The number of para-hydroxylation sites is 1. The van der Waals surface area contributed by atoms with Crippen LogP contribution in [0.5, 0.6) is 5.75 Å². The van der Waals surface area contributed by atoms with Gasteiger partial charge in [0.15, 0.2) is 5.65 Å². The molecule has 5 rings (SSSR count). The largest absolute Gasteiger partial charge is 0.489 e. The first-order valence-corrected chi connectivity index (χ1v) is 11.3. The molecule has 168 valence electrons. The van der Waals surface area contributed by atoms with E-state index in [9.17, 15) is 9.90 Å². The smallest absolute Gasteiger partial charge is 0.258 e. The Morgan fingerprint density at radius 1 is 1.28 bits per heavy atom. The monoisotopic (exact) mass is 455 g/mol. The zero-order valence-electron chi connectivity index (χ0n) is 18.1. The molecule has 8 nitrogen and oxygen atoms in total. The van der Waals surface area contributed by atoms with Gasteiger partial charge in [0.05, 0.1) is 40.8 Å². The van der Waals surface area contributed by atoms with Crippen molar-refractivity contribution in [3.05, 3.63) is 57.5 Å². The number of aryl methyl sites for hydroxylation is 2. The van der Waals surface area contributed by atoms with E-state index < -0.39 is 6.04 Å². The van der Waals surface area contributed by atoms with Crippen molar-refractivity contribution in [3.63, 3.8) is 0 Å². The molecular formula is C23H26ClN5O3. The van der Waals surface area contributed by atoms with Gasteiger partial charge in [0.1, 0.15) is 17.9 Å². The van der Waals surface area contributed by atoms with Gasteiger partial charge in [-0.05, 0) is 51.9 Å². The molecule has 0 spiro atoms. The molecule has 1 atom stereocenters. The van der Waals surface area contributed by atoms with Gasteiger partial charge in [-0.15, -0.1) is 0 Å². The summed E-state index contributed by atoms with van der Waals surface area (Å²) in [6.07, 6.45) is 1.89. The first-order valence-electron chi connectivity index (χ1n) is 10.9. The highest BCUT2D eigenvalue weighted by Gasteiger charge is 2.39. The third-order valence-corrected chi connectivity index (χ3v) is 6.91. The predicted octanol–water partition coefficient (Wildman–Crippen LogP) is 2.82. The fourth-order valence-corrected chi connectivity index (χ4v) is 4.73. The number of rotatable bonds is 4. The van der Waals surface area contributed by atoms with E-state index >= 15 is 0 Å². The average Bonchev–Trinajstić information content (AvgIpc) is 3.34. The molecule has 9 heteroatoms. The highest BCUT2D eigenvalue weighted by atomic mass is 35.5. The Labute approximate surface area is 191 Å². The molecule has 1 unspecified atom stereocenters. The Kier molecular flexibility index (Phi) is 5.53. The van der Waals surface area contributed by atoms with Gasteiger partial charge in [-0.25, -0.2) is 9.50 Å². The Hall–Kier alpha value is -2.68. The number of benzene rings is 1. The van der Waals surface area contributed by atoms with Crippen LogP contribution in [0.3, 0.4) is 0 Å². The molecule has 3 aromatic rings. The maximum absolute atomic E-state index is 13.6. The van der Waals surface area contributed by atoms with Crippen molar-refractivity contribution >= 4 is 23.2 Å². The lowest BCUT2D eigenvalue weighted by Crippen LogP contribution is -2.35. The number of fused-ring (bicyclic) bond motifs is 3. The number of nitrogens with one attached hydrogen (secondary N) is 1. The van der Waals surface area contributed by atoms with E-state index in [1.54, 1.807) is 15.5 Å². The number of carbonyl (C=O) groups is 1. The quantitative estimate of drug-likeness (QED) is 0.628. The van der Waals surface area contributed by atoms with E-state index in [-0.39, 0.29) is 18.6 Å². The van der Waals surface area contributed by atoms with Gasteiger partial charge in [0.25, 0.3) is 5.91 Å². The maximum atomic E-state index is 13.6. The molecule has 1 aromatic carbocycles. The third-order valence-electron chi connectivity index (χ3n) is 6.37. The second-order valence-corrected chi connectivity index (χ2v) is 8.77. The van der Waals surface area contributed by atoms with Crippen molar-refractivity contribution in [2.75, 3.05) is 19.7 Å². The molecular weight excluding hydrogens is 430 g/mol. The zero-order valence-corrected chi connectivity index (χ0v) is 18.9. The van der Waals surface area contributed by atoms with Gasteiger partial charge in [-0.1, -0.05) is 23.7 Å².